The summed E-state index contributed by atoms with van der Waals surface area (Å²) in [5.74, 6) is 1.00. The molecule has 2 aromatic carbocycles. The Hall–Kier alpha value is -2.94. The lowest BCUT2D eigenvalue weighted by Crippen LogP contribution is -2.55. The number of carbonyl (C=O) groups excluding carboxylic acids is 1. The van der Waals surface area contributed by atoms with E-state index in [9.17, 15) is 4.79 Å². The van der Waals surface area contributed by atoms with Crippen LogP contribution in [0.5, 0.6) is 0 Å². The minimum atomic E-state index is -0.0666. The highest BCUT2D eigenvalue weighted by Gasteiger charge is 2.53. The fourth-order valence-electron chi connectivity index (χ4n) is 7.15. The molecule has 0 aliphatic heterocycles. The van der Waals surface area contributed by atoms with E-state index in [0.717, 1.165) is 19.3 Å². The number of aryl methyl sites for hydroxylation is 1. The zero-order chi connectivity index (χ0) is 24.5. The third-order valence-corrected chi connectivity index (χ3v) is 8.89. The Balaban J connectivity index is 1.50. The van der Waals surface area contributed by atoms with Crippen LogP contribution in [0.2, 0.25) is 0 Å². The fourth-order valence-corrected chi connectivity index (χ4v) is 7.15. The van der Waals surface area contributed by atoms with Crippen LogP contribution in [0.4, 0.5) is 0 Å². The molecule has 35 heavy (non-hydrogen) atoms. The van der Waals surface area contributed by atoms with Crippen LogP contribution >= 0.6 is 0 Å². The van der Waals surface area contributed by atoms with Crippen molar-refractivity contribution in [3.8, 4) is 0 Å². The molecule has 2 aliphatic carbocycles. The van der Waals surface area contributed by atoms with Crippen LogP contribution in [0, 0.1) is 11.3 Å². The molecule has 3 nitrogen and oxygen atoms in total. The molecule has 1 saturated carbocycles. The molecule has 3 aromatic rings. The monoisotopic (exact) mass is 466 g/mol. The number of aromatic nitrogens is 1. The summed E-state index contributed by atoms with van der Waals surface area (Å²) in [5.41, 5.74) is 6.55. The molecule has 1 amide bonds. The van der Waals surface area contributed by atoms with Crippen LogP contribution < -0.4 is 5.32 Å². The van der Waals surface area contributed by atoms with Gasteiger partial charge >= 0.3 is 0 Å². The minimum absolute atomic E-state index is 0.0210. The standard InChI is InChI=1S/C32H38N2O/c1-23(2)25-13-15-27-26(20-25)14-16-29-31(27,3)17-9-18-32(29,21-24-10-5-4-6-11-24)22-34-30(35)28-12-7-8-19-33-28/h4-8,10-13,15,19-20,23,29H,9,14,16-18,21-22H2,1-3H3,(H,34,35)/t29-,31-,32-/m1/s1. The largest absolute Gasteiger partial charge is 0.350 e. The van der Waals surface area contributed by atoms with Crippen molar-refractivity contribution in [2.75, 3.05) is 6.54 Å². The van der Waals surface area contributed by atoms with E-state index in [4.69, 9.17) is 0 Å². The van der Waals surface area contributed by atoms with Crippen LogP contribution in [0.25, 0.3) is 0 Å². The van der Waals surface area contributed by atoms with Gasteiger partial charge in [-0.05, 0) is 89.2 Å². The summed E-state index contributed by atoms with van der Waals surface area (Å²) in [6.07, 6.45) is 8.54. The van der Waals surface area contributed by atoms with E-state index in [1.54, 1.807) is 23.4 Å². The van der Waals surface area contributed by atoms with Gasteiger partial charge in [0.15, 0.2) is 0 Å². The number of amides is 1. The molecule has 5 rings (SSSR count). The zero-order valence-corrected chi connectivity index (χ0v) is 21.4. The maximum Gasteiger partial charge on any atom is 0.269 e. The number of pyridine rings is 1. The van der Waals surface area contributed by atoms with Crippen LogP contribution in [0.15, 0.2) is 72.9 Å². The van der Waals surface area contributed by atoms with E-state index in [0.29, 0.717) is 24.1 Å². The van der Waals surface area contributed by atoms with Gasteiger partial charge in [0.05, 0.1) is 0 Å². The Morgan fingerprint density at radius 3 is 2.60 bits per heavy atom. The number of rotatable bonds is 6. The SMILES string of the molecule is CC(C)c1ccc2c(c1)CC[C@H]1[C@@](CNC(=O)c3ccccn3)(Cc3ccccc3)CCC[C@]21C. The summed E-state index contributed by atoms with van der Waals surface area (Å²) in [6.45, 7) is 7.76. The van der Waals surface area contributed by atoms with Gasteiger partial charge in [0.2, 0.25) is 0 Å². The average Bonchev–Trinajstić information content (AvgIpc) is 2.88. The average molecular weight is 467 g/mol. The molecule has 3 heteroatoms. The second-order valence-corrected chi connectivity index (χ2v) is 11.4. The maximum atomic E-state index is 13.0. The van der Waals surface area contributed by atoms with Gasteiger partial charge < -0.3 is 5.32 Å². The number of nitrogens with one attached hydrogen (secondary N) is 1. The Labute approximate surface area is 210 Å². The highest BCUT2D eigenvalue weighted by Crippen LogP contribution is 2.58. The van der Waals surface area contributed by atoms with Gasteiger partial charge in [-0.15, -0.1) is 0 Å². The van der Waals surface area contributed by atoms with Gasteiger partial charge in [-0.1, -0.05) is 81.8 Å². The molecule has 0 spiro atoms. The van der Waals surface area contributed by atoms with E-state index >= 15 is 0 Å². The molecule has 0 saturated heterocycles. The highest BCUT2D eigenvalue weighted by molar-refractivity contribution is 5.92. The second kappa shape index (κ2) is 9.60. The van der Waals surface area contributed by atoms with Gasteiger partial charge in [0.1, 0.15) is 5.69 Å². The van der Waals surface area contributed by atoms with E-state index < -0.39 is 0 Å². The van der Waals surface area contributed by atoms with Crippen molar-refractivity contribution in [3.63, 3.8) is 0 Å². The van der Waals surface area contributed by atoms with Crippen LogP contribution in [-0.2, 0) is 18.3 Å². The highest BCUT2D eigenvalue weighted by atomic mass is 16.1. The van der Waals surface area contributed by atoms with Crippen molar-refractivity contribution in [3.05, 3.63) is 101 Å². The summed E-state index contributed by atoms with van der Waals surface area (Å²) in [4.78, 5) is 17.3. The number of benzene rings is 2. The van der Waals surface area contributed by atoms with Crippen LogP contribution in [-0.4, -0.2) is 17.4 Å². The zero-order valence-electron chi connectivity index (χ0n) is 21.4. The first-order valence-corrected chi connectivity index (χ1v) is 13.3. The Bertz CT molecular complexity index is 1170. The van der Waals surface area contributed by atoms with Crippen molar-refractivity contribution >= 4 is 5.91 Å². The predicted octanol–water partition coefficient (Wildman–Crippen LogP) is 6.87. The Morgan fingerprint density at radius 2 is 1.86 bits per heavy atom. The first kappa shape index (κ1) is 23.8. The van der Waals surface area contributed by atoms with E-state index in [1.807, 2.05) is 12.1 Å². The van der Waals surface area contributed by atoms with Crippen molar-refractivity contribution in [2.45, 2.75) is 70.6 Å². The number of hydrogen-bond donors (Lipinski definition) is 1. The number of carbonyl (C=O) groups is 1. The minimum Gasteiger partial charge on any atom is -0.350 e. The van der Waals surface area contributed by atoms with Crippen LogP contribution in [0.1, 0.15) is 85.1 Å². The van der Waals surface area contributed by atoms with Gasteiger partial charge in [0.25, 0.3) is 5.91 Å². The molecule has 1 N–H and O–H groups in total. The van der Waals surface area contributed by atoms with Crippen molar-refractivity contribution in [1.82, 2.24) is 10.3 Å². The Kier molecular flexibility index (Phi) is 6.53. The Morgan fingerprint density at radius 1 is 1.06 bits per heavy atom. The molecular formula is C32H38N2O. The topological polar surface area (TPSA) is 42.0 Å². The summed E-state index contributed by atoms with van der Waals surface area (Å²) >= 11 is 0. The molecule has 0 unspecified atom stereocenters. The summed E-state index contributed by atoms with van der Waals surface area (Å²) in [5, 5.41) is 3.33. The summed E-state index contributed by atoms with van der Waals surface area (Å²) in [7, 11) is 0. The fraction of sp³-hybridized carbons (Fsp3) is 0.438. The third-order valence-electron chi connectivity index (χ3n) is 8.89. The summed E-state index contributed by atoms with van der Waals surface area (Å²) < 4.78 is 0. The number of fused-ring (bicyclic) bond motifs is 3. The number of hydrogen-bond acceptors (Lipinski definition) is 2. The van der Waals surface area contributed by atoms with Gasteiger partial charge in [-0.2, -0.15) is 0 Å². The first-order chi connectivity index (χ1) is 16.9. The molecule has 3 atom stereocenters. The van der Waals surface area contributed by atoms with Crippen molar-refractivity contribution in [1.29, 1.82) is 0 Å². The smallest absolute Gasteiger partial charge is 0.269 e. The van der Waals surface area contributed by atoms with E-state index in [1.165, 1.54) is 30.4 Å². The lowest BCUT2D eigenvalue weighted by Gasteiger charge is -2.57. The first-order valence-electron chi connectivity index (χ1n) is 13.3. The maximum absolute atomic E-state index is 13.0. The van der Waals surface area contributed by atoms with Gasteiger partial charge in [-0.3, -0.25) is 9.78 Å². The third kappa shape index (κ3) is 4.53. The quantitative estimate of drug-likeness (QED) is 0.431. The van der Waals surface area contributed by atoms with Crippen molar-refractivity contribution < 1.29 is 4.79 Å². The lowest BCUT2D eigenvalue weighted by molar-refractivity contribution is 0.0111. The predicted molar refractivity (Wildman–Crippen MR) is 143 cm³/mol. The lowest BCUT2D eigenvalue weighted by atomic mass is 9.48. The molecule has 0 radical (unpaired) electrons. The van der Waals surface area contributed by atoms with Crippen molar-refractivity contribution in [2.24, 2.45) is 11.3 Å². The molecule has 0 bridgehead atoms. The summed E-state index contributed by atoms with van der Waals surface area (Å²) in [6, 6.07) is 23.7. The van der Waals surface area contributed by atoms with Crippen LogP contribution in [0.3, 0.4) is 0 Å². The molecule has 182 valence electrons. The molecule has 1 aromatic heterocycles. The molecular weight excluding hydrogens is 428 g/mol. The molecule has 1 fully saturated rings. The van der Waals surface area contributed by atoms with Gasteiger partial charge in [0, 0.05) is 12.7 Å². The second-order valence-electron chi connectivity index (χ2n) is 11.4. The van der Waals surface area contributed by atoms with Gasteiger partial charge in [-0.25, -0.2) is 0 Å². The van der Waals surface area contributed by atoms with E-state index in [2.05, 4.69) is 79.6 Å². The molecule has 2 aliphatic rings. The molecule has 1 heterocycles. The van der Waals surface area contributed by atoms with E-state index in [-0.39, 0.29) is 16.7 Å². The number of nitrogens with zero attached hydrogens (tertiary/aromatic N) is 1. The normalized spacial score (nSPS) is 25.5.